The number of hydrogen-bond donors (Lipinski definition) is 1. The molecule has 2 aromatic carbocycles. The summed E-state index contributed by atoms with van der Waals surface area (Å²) in [7, 11) is 0. The average molecular weight is 296 g/mol. The van der Waals surface area contributed by atoms with Crippen LogP contribution in [0.1, 0.15) is 37.1 Å². The number of halogens is 3. The molecule has 0 bridgehead atoms. The first-order valence-corrected chi connectivity index (χ1v) is 6.82. The molecular weight excluding hydrogens is 280 g/mol. The van der Waals surface area contributed by atoms with E-state index in [0.717, 1.165) is 11.6 Å². The lowest BCUT2D eigenvalue weighted by Gasteiger charge is -2.21. The maximum Gasteiger partial charge on any atom is 0.163 e. The van der Waals surface area contributed by atoms with Gasteiger partial charge in [0.25, 0.3) is 0 Å². The predicted molar refractivity (Wildman–Crippen MR) is 77.8 cm³/mol. The van der Waals surface area contributed by atoms with Crippen LogP contribution in [0.5, 0.6) is 0 Å². The van der Waals surface area contributed by atoms with Crippen LogP contribution in [0.4, 0.5) is 8.78 Å². The Balaban J connectivity index is 2.15. The van der Waals surface area contributed by atoms with Gasteiger partial charge in [0.2, 0.25) is 0 Å². The maximum atomic E-state index is 13.7. The van der Waals surface area contributed by atoms with E-state index in [0.29, 0.717) is 10.6 Å². The molecule has 2 atom stereocenters. The lowest BCUT2D eigenvalue weighted by atomic mass is 10.0. The van der Waals surface area contributed by atoms with Crippen molar-refractivity contribution < 1.29 is 8.78 Å². The van der Waals surface area contributed by atoms with Crippen molar-refractivity contribution in [3.8, 4) is 0 Å². The molecule has 1 N–H and O–H groups in total. The van der Waals surface area contributed by atoms with Crippen molar-refractivity contribution >= 4 is 11.6 Å². The summed E-state index contributed by atoms with van der Waals surface area (Å²) >= 11 is 5.95. The van der Waals surface area contributed by atoms with E-state index in [-0.39, 0.29) is 12.1 Å². The minimum atomic E-state index is -0.827. The van der Waals surface area contributed by atoms with E-state index < -0.39 is 11.6 Å². The zero-order valence-corrected chi connectivity index (χ0v) is 12.1. The van der Waals surface area contributed by atoms with Crippen molar-refractivity contribution in [1.82, 2.24) is 5.32 Å². The van der Waals surface area contributed by atoms with Crippen molar-refractivity contribution in [3.05, 3.63) is 70.2 Å². The van der Waals surface area contributed by atoms with E-state index >= 15 is 0 Å². The summed E-state index contributed by atoms with van der Waals surface area (Å²) in [5, 5.41) is 3.90. The fourth-order valence-electron chi connectivity index (χ4n) is 2.19. The first kappa shape index (κ1) is 14.9. The van der Waals surface area contributed by atoms with Crippen LogP contribution in [0, 0.1) is 11.6 Å². The van der Waals surface area contributed by atoms with Gasteiger partial charge in [0.1, 0.15) is 0 Å². The van der Waals surface area contributed by atoms with Crippen molar-refractivity contribution in [2.45, 2.75) is 25.9 Å². The van der Waals surface area contributed by atoms with E-state index in [1.165, 1.54) is 6.07 Å². The molecule has 20 heavy (non-hydrogen) atoms. The molecule has 0 spiro atoms. The Hall–Kier alpha value is -1.45. The van der Waals surface area contributed by atoms with Crippen molar-refractivity contribution in [1.29, 1.82) is 0 Å². The molecule has 0 aliphatic rings. The molecule has 0 saturated carbocycles. The average Bonchev–Trinajstić information content (AvgIpc) is 2.41. The number of rotatable bonds is 4. The van der Waals surface area contributed by atoms with Crippen LogP contribution in [-0.4, -0.2) is 0 Å². The standard InChI is InChI=1S/C16H16ClF2N/c1-10(12-5-3-6-13(17)9-12)20-11(2)14-7-4-8-15(18)16(14)19/h3-11,20H,1-2H3/t10-,11?/m1/s1. The predicted octanol–water partition coefficient (Wildman–Crippen LogP) is 5.03. The third-order valence-electron chi connectivity index (χ3n) is 3.30. The van der Waals surface area contributed by atoms with Gasteiger partial charge in [-0.05, 0) is 37.6 Å². The topological polar surface area (TPSA) is 12.0 Å². The third-order valence-corrected chi connectivity index (χ3v) is 3.53. The van der Waals surface area contributed by atoms with Gasteiger partial charge in [0.15, 0.2) is 11.6 Å². The van der Waals surface area contributed by atoms with E-state index in [4.69, 9.17) is 11.6 Å². The molecule has 2 rings (SSSR count). The van der Waals surface area contributed by atoms with Crippen LogP contribution in [0.25, 0.3) is 0 Å². The number of benzene rings is 2. The zero-order valence-electron chi connectivity index (χ0n) is 11.3. The van der Waals surface area contributed by atoms with Gasteiger partial charge in [0.05, 0.1) is 0 Å². The molecule has 1 unspecified atom stereocenters. The second kappa shape index (κ2) is 6.33. The first-order chi connectivity index (χ1) is 9.49. The third kappa shape index (κ3) is 3.35. The summed E-state index contributed by atoms with van der Waals surface area (Å²) in [5.41, 5.74) is 1.32. The molecule has 0 amide bonds. The van der Waals surface area contributed by atoms with Gasteiger partial charge >= 0.3 is 0 Å². The highest BCUT2D eigenvalue weighted by Gasteiger charge is 2.16. The lowest BCUT2D eigenvalue weighted by Crippen LogP contribution is -2.23. The summed E-state index contributed by atoms with van der Waals surface area (Å²) in [6.45, 7) is 3.76. The van der Waals surface area contributed by atoms with Crippen LogP contribution in [0.3, 0.4) is 0 Å². The summed E-state index contributed by atoms with van der Waals surface area (Å²) in [5.74, 6) is -1.63. The molecule has 2 aromatic rings. The Bertz CT molecular complexity index is 601. The maximum absolute atomic E-state index is 13.7. The zero-order chi connectivity index (χ0) is 14.7. The van der Waals surface area contributed by atoms with Crippen LogP contribution in [0.2, 0.25) is 5.02 Å². The second-order valence-electron chi connectivity index (χ2n) is 4.81. The molecule has 0 saturated heterocycles. The molecule has 106 valence electrons. The van der Waals surface area contributed by atoms with Gasteiger partial charge in [-0.2, -0.15) is 0 Å². The Kier molecular flexibility index (Phi) is 4.73. The smallest absolute Gasteiger partial charge is 0.163 e. The van der Waals surface area contributed by atoms with Gasteiger partial charge in [-0.25, -0.2) is 8.78 Å². The number of nitrogens with one attached hydrogen (secondary N) is 1. The first-order valence-electron chi connectivity index (χ1n) is 6.44. The van der Waals surface area contributed by atoms with Crippen LogP contribution in [0.15, 0.2) is 42.5 Å². The number of hydrogen-bond acceptors (Lipinski definition) is 1. The highest BCUT2D eigenvalue weighted by Crippen LogP contribution is 2.24. The quantitative estimate of drug-likeness (QED) is 0.834. The monoisotopic (exact) mass is 295 g/mol. The second-order valence-corrected chi connectivity index (χ2v) is 5.24. The van der Waals surface area contributed by atoms with Gasteiger partial charge in [0, 0.05) is 22.7 Å². The fourth-order valence-corrected chi connectivity index (χ4v) is 2.39. The van der Waals surface area contributed by atoms with Crippen LogP contribution in [-0.2, 0) is 0 Å². The van der Waals surface area contributed by atoms with Crippen molar-refractivity contribution in [2.75, 3.05) is 0 Å². The lowest BCUT2D eigenvalue weighted by molar-refractivity contribution is 0.449. The summed E-state index contributed by atoms with van der Waals surface area (Å²) in [4.78, 5) is 0. The van der Waals surface area contributed by atoms with Gasteiger partial charge in [-0.15, -0.1) is 0 Å². The Labute approximate surface area is 122 Å². The van der Waals surface area contributed by atoms with Gasteiger partial charge in [-0.1, -0.05) is 35.9 Å². The Morgan fingerprint density at radius 1 is 1.00 bits per heavy atom. The van der Waals surface area contributed by atoms with Gasteiger partial charge < -0.3 is 5.32 Å². The van der Waals surface area contributed by atoms with E-state index in [1.807, 2.05) is 25.1 Å². The van der Waals surface area contributed by atoms with Gasteiger partial charge in [-0.3, -0.25) is 0 Å². The van der Waals surface area contributed by atoms with Crippen molar-refractivity contribution in [3.63, 3.8) is 0 Å². The molecule has 0 aliphatic carbocycles. The summed E-state index contributed by atoms with van der Waals surface area (Å²) in [6, 6.07) is 11.3. The normalized spacial score (nSPS) is 14.1. The molecule has 0 aromatic heterocycles. The molecule has 1 nitrogen and oxygen atoms in total. The molecular formula is C16H16ClF2N. The largest absolute Gasteiger partial charge is 0.304 e. The Morgan fingerprint density at radius 3 is 2.40 bits per heavy atom. The minimum absolute atomic E-state index is 0.0219. The molecule has 0 fully saturated rings. The molecule has 0 radical (unpaired) electrons. The minimum Gasteiger partial charge on any atom is -0.304 e. The van der Waals surface area contributed by atoms with E-state index in [1.54, 1.807) is 19.1 Å². The summed E-state index contributed by atoms with van der Waals surface area (Å²) < 4.78 is 27.0. The highest BCUT2D eigenvalue weighted by molar-refractivity contribution is 6.30. The van der Waals surface area contributed by atoms with Crippen molar-refractivity contribution in [2.24, 2.45) is 0 Å². The fraction of sp³-hybridized carbons (Fsp3) is 0.250. The molecule has 4 heteroatoms. The summed E-state index contributed by atoms with van der Waals surface area (Å²) in [6.07, 6.45) is 0. The van der Waals surface area contributed by atoms with E-state index in [2.05, 4.69) is 5.32 Å². The van der Waals surface area contributed by atoms with Crippen LogP contribution >= 0.6 is 11.6 Å². The highest BCUT2D eigenvalue weighted by atomic mass is 35.5. The van der Waals surface area contributed by atoms with E-state index in [9.17, 15) is 8.78 Å². The van der Waals surface area contributed by atoms with Crippen LogP contribution < -0.4 is 5.32 Å². The molecule has 0 heterocycles. The SMILES string of the molecule is CC(N[C@H](C)c1cccc(Cl)c1)c1cccc(F)c1F. The molecule has 0 aliphatic heterocycles. The Morgan fingerprint density at radius 2 is 1.70 bits per heavy atom.